The van der Waals surface area contributed by atoms with Crippen molar-refractivity contribution in [2.75, 3.05) is 13.2 Å². The van der Waals surface area contributed by atoms with Crippen molar-refractivity contribution in [3.05, 3.63) is 0 Å². The molecule has 0 spiro atoms. The van der Waals surface area contributed by atoms with Crippen molar-refractivity contribution in [2.24, 2.45) is 0 Å². The first-order chi connectivity index (χ1) is 19.6. The van der Waals surface area contributed by atoms with Gasteiger partial charge in [0.05, 0.1) is 6.61 Å². The molecule has 40 heavy (non-hydrogen) atoms. The van der Waals surface area contributed by atoms with Crippen LogP contribution >= 0.6 is 0 Å². The average molecular weight is 569 g/mol. The molecule has 0 aromatic heterocycles. The molecule has 5 heteroatoms. The van der Waals surface area contributed by atoms with E-state index in [0.717, 1.165) is 32.1 Å². The van der Waals surface area contributed by atoms with E-state index in [2.05, 4.69) is 13.8 Å². The van der Waals surface area contributed by atoms with Crippen LogP contribution in [0.15, 0.2) is 0 Å². The lowest BCUT2D eigenvalue weighted by Gasteiger charge is -2.15. The summed E-state index contributed by atoms with van der Waals surface area (Å²) in [5, 5.41) is 9.47. The smallest absolute Gasteiger partial charge is 0.306 e. The van der Waals surface area contributed by atoms with E-state index in [4.69, 9.17) is 9.47 Å². The number of hydrogen-bond donors (Lipinski definition) is 1. The third-order valence-electron chi connectivity index (χ3n) is 7.90. The molecule has 0 aliphatic rings. The van der Waals surface area contributed by atoms with E-state index in [1.165, 1.54) is 135 Å². The summed E-state index contributed by atoms with van der Waals surface area (Å²) < 4.78 is 10.5. The number of aliphatic hydroxyl groups is 1. The van der Waals surface area contributed by atoms with Crippen molar-refractivity contribution in [2.45, 2.75) is 200 Å². The minimum atomic E-state index is -0.759. The van der Waals surface area contributed by atoms with Gasteiger partial charge in [0.15, 0.2) is 6.10 Å². The second-order valence-electron chi connectivity index (χ2n) is 12.0. The van der Waals surface area contributed by atoms with E-state index < -0.39 is 6.10 Å². The fourth-order valence-corrected chi connectivity index (χ4v) is 5.20. The number of carbonyl (C=O) groups is 2. The molecule has 0 fully saturated rings. The lowest BCUT2D eigenvalue weighted by molar-refractivity contribution is -0.161. The second-order valence-corrected chi connectivity index (χ2v) is 12.0. The summed E-state index contributed by atoms with van der Waals surface area (Å²) in [5.41, 5.74) is 0. The maximum absolute atomic E-state index is 12.0. The van der Waals surface area contributed by atoms with E-state index in [0.29, 0.717) is 12.8 Å². The molecule has 0 amide bonds. The predicted octanol–water partition coefficient (Wildman–Crippen LogP) is 10.4. The number of esters is 2. The minimum Gasteiger partial charge on any atom is -0.462 e. The molecule has 0 rings (SSSR count). The SMILES string of the molecule is CCCCCCCCCCCCCCCCCCCCC(=O)OC[C@H](CO)OC(=O)CCCCCCCCCC. The van der Waals surface area contributed by atoms with E-state index in [9.17, 15) is 14.7 Å². The van der Waals surface area contributed by atoms with Crippen molar-refractivity contribution in [3.63, 3.8) is 0 Å². The minimum absolute atomic E-state index is 0.0580. The van der Waals surface area contributed by atoms with Gasteiger partial charge in [-0.3, -0.25) is 9.59 Å². The first kappa shape index (κ1) is 38.9. The number of aliphatic hydroxyl groups excluding tert-OH is 1. The fourth-order valence-electron chi connectivity index (χ4n) is 5.20. The predicted molar refractivity (Wildman–Crippen MR) is 169 cm³/mol. The van der Waals surface area contributed by atoms with Gasteiger partial charge in [0, 0.05) is 12.8 Å². The van der Waals surface area contributed by atoms with Crippen LogP contribution in [0, 0.1) is 0 Å². The Morgan fingerprint density at radius 3 is 1.10 bits per heavy atom. The Balaban J connectivity index is 3.47. The van der Waals surface area contributed by atoms with Crippen molar-refractivity contribution in [1.82, 2.24) is 0 Å². The highest BCUT2D eigenvalue weighted by atomic mass is 16.6. The van der Waals surface area contributed by atoms with Gasteiger partial charge in [-0.25, -0.2) is 0 Å². The van der Waals surface area contributed by atoms with E-state index in [1.54, 1.807) is 0 Å². The first-order valence-corrected chi connectivity index (χ1v) is 17.6. The van der Waals surface area contributed by atoms with E-state index in [1.807, 2.05) is 0 Å². The number of rotatable bonds is 32. The van der Waals surface area contributed by atoms with E-state index in [-0.39, 0.29) is 25.2 Å². The summed E-state index contributed by atoms with van der Waals surface area (Å²) in [7, 11) is 0. The van der Waals surface area contributed by atoms with Crippen LogP contribution < -0.4 is 0 Å². The summed E-state index contributed by atoms with van der Waals surface area (Å²) >= 11 is 0. The summed E-state index contributed by atoms with van der Waals surface area (Å²) in [6.07, 6.45) is 33.1. The van der Waals surface area contributed by atoms with Crippen LogP contribution in [-0.2, 0) is 19.1 Å². The van der Waals surface area contributed by atoms with Gasteiger partial charge >= 0.3 is 11.9 Å². The Morgan fingerprint density at radius 1 is 0.475 bits per heavy atom. The highest BCUT2D eigenvalue weighted by molar-refractivity contribution is 5.70. The van der Waals surface area contributed by atoms with Crippen LogP contribution in [0.5, 0.6) is 0 Å². The summed E-state index contributed by atoms with van der Waals surface area (Å²) in [6.45, 7) is 4.11. The van der Waals surface area contributed by atoms with Crippen molar-refractivity contribution in [1.29, 1.82) is 0 Å². The fraction of sp³-hybridized carbons (Fsp3) is 0.943. The molecule has 0 bridgehead atoms. The third kappa shape index (κ3) is 29.9. The van der Waals surface area contributed by atoms with Crippen molar-refractivity contribution >= 4 is 11.9 Å². The van der Waals surface area contributed by atoms with Crippen LogP contribution in [0.2, 0.25) is 0 Å². The molecular weight excluding hydrogens is 500 g/mol. The molecule has 5 nitrogen and oxygen atoms in total. The highest BCUT2D eigenvalue weighted by Gasteiger charge is 2.16. The average Bonchev–Trinajstić information content (AvgIpc) is 2.96. The van der Waals surface area contributed by atoms with Gasteiger partial charge < -0.3 is 14.6 Å². The maximum Gasteiger partial charge on any atom is 0.306 e. The second kappa shape index (κ2) is 32.4. The molecule has 0 aliphatic heterocycles. The number of ether oxygens (including phenoxy) is 2. The zero-order valence-electron chi connectivity index (χ0n) is 26.9. The normalized spacial score (nSPS) is 12.0. The van der Waals surface area contributed by atoms with Gasteiger partial charge in [-0.15, -0.1) is 0 Å². The first-order valence-electron chi connectivity index (χ1n) is 17.6. The molecule has 0 heterocycles. The zero-order valence-corrected chi connectivity index (χ0v) is 26.9. The highest BCUT2D eigenvalue weighted by Crippen LogP contribution is 2.15. The molecule has 1 N–H and O–H groups in total. The Morgan fingerprint density at radius 2 is 0.775 bits per heavy atom. The monoisotopic (exact) mass is 569 g/mol. The Hall–Kier alpha value is -1.10. The largest absolute Gasteiger partial charge is 0.462 e. The van der Waals surface area contributed by atoms with Crippen LogP contribution in [-0.4, -0.2) is 36.4 Å². The molecular formula is C35H68O5. The Labute approximate surface area is 248 Å². The quantitative estimate of drug-likeness (QED) is 0.0645. The summed E-state index contributed by atoms with van der Waals surface area (Å²) in [5.74, 6) is -0.585. The molecule has 0 aromatic rings. The Bertz CT molecular complexity index is 536. The van der Waals surface area contributed by atoms with Crippen LogP contribution in [0.1, 0.15) is 194 Å². The van der Waals surface area contributed by atoms with Gasteiger partial charge in [0.2, 0.25) is 0 Å². The third-order valence-corrected chi connectivity index (χ3v) is 7.90. The van der Waals surface area contributed by atoms with Crippen LogP contribution in [0.3, 0.4) is 0 Å². The van der Waals surface area contributed by atoms with Crippen LogP contribution in [0.25, 0.3) is 0 Å². The Kier molecular flexibility index (Phi) is 31.5. The molecule has 238 valence electrons. The van der Waals surface area contributed by atoms with Crippen LogP contribution in [0.4, 0.5) is 0 Å². The molecule has 0 saturated heterocycles. The number of hydrogen-bond acceptors (Lipinski definition) is 5. The zero-order chi connectivity index (χ0) is 29.4. The summed E-state index contributed by atoms with van der Waals surface area (Å²) in [4.78, 5) is 24.0. The molecule has 0 saturated carbocycles. The maximum atomic E-state index is 12.0. The van der Waals surface area contributed by atoms with Gasteiger partial charge in [0.25, 0.3) is 0 Å². The number of carbonyl (C=O) groups excluding carboxylic acids is 2. The van der Waals surface area contributed by atoms with Gasteiger partial charge in [-0.05, 0) is 12.8 Å². The topological polar surface area (TPSA) is 72.8 Å². The number of unbranched alkanes of at least 4 members (excludes halogenated alkanes) is 24. The lowest BCUT2D eigenvalue weighted by atomic mass is 10.0. The molecule has 1 atom stereocenters. The van der Waals surface area contributed by atoms with Gasteiger partial charge in [-0.1, -0.05) is 168 Å². The van der Waals surface area contributed by atoms with Gasteiger partial charge in [-0.2, -0.15) is 0 Å². The molecule has 0 aliphatic carbocycles. The van der Waals surface area contributed by atoms with Gasteiger partial charge in [0.1, 0.15) is 6.61 Å². The summed E-state index contributed by atoms with van der Waals surface area (Å²) in [6, 6.07) is 0. The van der Waals surface area contributed by atoms with Crippen molar-refractivity contribution < 1.29 is 24.2 Å². The standard InChI is InChI=1S/C35H68O5/c1-3-5-7-9-11-13-14-15-16-17-18-19-20-21-22-24-25-27-29-34(37)39-32-33(31-36)40-35(38)30-28-26-23-12-10-8-6-4-2/h33,36H,3-32H2,1-2H3/t33-/m0/s1. The van der Waals surface area contributed by atoms with E-state index >= 15 is 0 Å². The molecule has 0 aromatic carbocycles. The van der Waals surface area contributed by atoms with Crippen molar-refractivity contribution in [3.8, 4) is 0 Å². The lowest BCUT2D eigenvalue weighted by Crippen LogP contribution is -2.28. The molecule has 0 radical (unpaired) electrons. The molecule has 0 unspecified atom stereocenters.